The van der Waals surface area contributed by atoms with Gasteiger partial charge < -0.3 is 9.47 Å². The second-order valence-corrected chi connectivity index (χ2v) is 6.38. The minimum Gasteiger partial charge on any atom is -0.350 e. The first-order chi connectivity index (χ1) is 10.7. The van der Waals surface area contributed by atoms with Crippen LogP contribution in [0.25, 0.3) is 0 Å². The van der Waals surface area contributed by atoms with Crippen LogP contribution in [-0.2, 0) is 21.6 Å². The number of aromatic nitrogens is 2. The Hall–Kier alpha value is -1.37. The summed E-state index contributed by atoms with van der Waals surface area (Å²) in [5.74, 6) is 2.07. The number of aromatic amines is 1. The molecule has 3 rings (SSSR count). The predicted octanol–water partition coefficient (Wildman–Crippen LogP) is 3.41. The van der Waals surface area contributed by atoms with Gasteiger partial charge >= 0.3 is 0 Å². The maximum absolute atomic E-state index is 13.0. The number of ether oxygens (including phenoxy) is 2. The van der Waals surface area contributed by atoms with Gasteiger partial charge in [0.05, 0.1) is 0 Å². The summed E-state index contributed by atoms with van der Waals surface area (Å²) in [6.45, 7) is 0. The zero-order valence-electron chi connectivity index (χ0n) is 12.6. The molecule has 1 atom stereocenters. The molecule has 1 unspecified atom stereocenters. The highest BCUT2D eigenvalue weighted by Gasteiger charge is 2.29. The summed E-state index contributed by atoms with van der Waals surface area (Å²) in [4.78, 5) is 0. The zero-order valence-corrected chi connectivity index (χ0v) is 13.5. The number of fused-ring (bicyclic) bond motifs is 1. The fraction of sp³-hybridized carbons (Fsp3) is 0.438. The summed E-state index contributed by atoms with van der Waals surface area (Å²) < 4.78 is 23.7. The van der Waals surface area contributed by atoms with Crippen molar-refractivity contribution < 1.29 is 13.9 Å². The highest BCUT2D eigenvalue weighted by Crippen LogP contribution is 2.37. The van der Waals surface area contributed by atoms with Crippen LogP contribution >= 0.6 is 11.8 Å². The number of hydrogen-bond acceptors (Lipinski definition) is 4. The van der Waals surface area contributed by atoms with Gasteiger partial charge in [0.25, 0.3) is 0 Å². The van der Waals surface area contributed by atoms with Gasteiger partial charge in [0, 0.05) is 42.9 Å². The van der Waals surface area contributed by atoms with Crippen LogP contribution in [0.1, 0.15) is 34.7 Å². The molecule has 118 valence electrons. The number of hydrogen-bond donors (Lipinski definition) is 1. The van der Waals surface area contributed by atoms with Crippen molar-refractivity contribution >= 4 is 11.8 Å². The maximum atomic E-state index is 13.0. The zero-order chi connectivity index (χ0) is 15.5. The Balaban J connectivity index is 1.84. The first-order valence-electron chi connectivity index (χ1n) is 7.17. The topological polar surface area (TPSA) is 47.1 Å². The number of H-pyrrole nitrogens is 1. The van der Waals surface area contributed by atoms with Crippen molar-refractivity contribution in [1.29, 1.82) is 0 Å². The van der Waals surface area contributed by atoms with Gasteiger partial charge in [-0.1, -0.05) is 12.1 Å². The van der Waals surface area contributed by atoms with E-state index in [-0.39, 0.29) is 5.82 Å². The van der Waals surface area contributed by atoms with Gasteiger partial charge in [-0.25, -0.2) is 4.39 Å². The van der Waals surface area contributed by atoms with Gasteiger partial charge in [-0.05, 0) is 24.1 Å². The number of nitrogens with zero attached hydrogens (tertiary/aromatic N) is 1. The first-order valence-corrected chi connectivity index (χ1v) is 8.33. The number of halogens is 1. The molecule has 0 aliphatic carbocycles. The minimum absolute atomic E-state index is 0.200. The average Bonchev–Trinajstić information content (AvgIpc) is 2.96. The molecular formula is C16H19FN2O2S. The SMILES string of the molecule is COC(OC)c1n[nH]c2c1CSCC2Cc1ccc(F)cc1. The highest BCUT2D eigenvalue weighted by molar-refractivity contribution is 7.98. The Kier molecular flexibility index (Phi) is 4.81. The van der Waals surface area contributed by atoms with E-state index >= 15 is 0 Å². The van der Waals surface area contributed by atoms with E-state index in [1.807, 2.05) is 23.9 Å². The molecule has 0 saturated heterocycles. The normalized spacial score (nSPS) is 17.7. The average molecular weight is 322 g/mol. The molecular weight excluding hydrogens is 303 g/mol. The van der Waals surface area contributed by atoms with Crippen molar-refractivity contribution in [2.45, 2.75) is 24.4 Å². The number of methoxy groups -OCH3 is 2. The van der Waals surface area contributed by atoms with E-state index < -0.39 is 6.29 Å². The third-order valence-corrected chi connectivity index (χ3v) is 5.08. The predicted molar refractivity (Wildman–Crippen MR) is 84.4 cm³/mol. The van der Waals surface area contributed by atoms with Crippen molar-refractivity contribution in [1.82, 2.24) is 10.2 Å². The fourth-order valence-corrected chi connectivity index (χ4v) is 4.04. The van der Waals surface area contributed by atoms with Crippen molar-refractivity contribution in [3.63, 3.8) is 0 Å². The number of thioether (sulfide) groups is 1. The Morgan fingerprint density at radius 3 is 2.73 bits per heavy atom. The van der Waals surface area contributed by atoms with Crippen molar-refractivity contribution in [2.24, 2.45) is 0 Å². The van der Waals surface area contributed by atoms with E-state index in [2.05, 4.69) is 10.2 Å². The fourth-order valence-electron chi connectivity index (χ4n) is 2.85. The van der Waals surface area contributed by atoms with E-state index in [1.54, 1.807) is 14.2 Å². The van der Waals surface area contributed by atoms with Gasteiger partial charge in [-0.15, -0.1) is 0 Å². The molecule has 0 fully saturated rings. The summed E-state index contributed by atoms with van der Waals surface area (Å²) >= 11 is 1.88. The molecule has 0 bridgehead atoms. The van der Waals surface area contributed by atoms with E-state index in [4.69, 9.17) is 9.47 Å². The quantitative estimate of drug-likeness (QED) is 0.857. The molecule has 0 saturated carbocycles. The summed E-state index contributed by atoms with van der Waals surface area (Å²) in [6.07, 6.45) is 0.428. The van der Waals surface area contributed by atoms with Crippen LogP contribution in [0.4, 0.5) is 4.39 Å². The lowest BCUT2D eigenvalue weighted by Gasteiger charge is -2.23. The Bertz CT molecular complexity index is 626. The first kappa shape index (κ1) is 15.5. The Morgan fingerprint density at radius 1 is 1.32 bits per heavy atom. The van der Waals surface area contributed by atoms with Crippen molar-refractivity contribution in [2.75, 3.05) is 20.0 Å². The van der Waals surface area contributed by atoms with Crippen LogP contribution in [0, 0.1) is 5.82 Å². The number of nitrogens with one attached hydrogen (secondary N) is 1. The molecule has 0 amide bonds. The molecule has 1 aromatic heterocycles. The lowest BCUT2D eigenvalue weighted by atomic mass is 9.94. The van der Waals surface area contributed by atoms with Gasteiger partial charge in [0.2, 0.25) is 6.29 Å². The largest absolute Gasteiger partial charge is 0.350 e. The number of benzene rings is 1. The van der Waals surface area contributed by atoms with E-state index in [0.29, 0.717) is 5.92 Å². The second kappa shape index (κ2) is 6.81. The Labute approximate surface area is 133 Å². The van der Waals surface area contributed by atoms with Gasteiger partial charge in [-0.3, -0.25) is 5.10 Å². The molecule has 0 spiro atoms. The molecule has 1 aliphatic heterocycles. The minimum atomic E-state index is -0.440. The summed E-state index contributed by atoms with van der Waals surface area (Å²) in [7, 11) is 3.22. The van der Waals surface area contributed by atoms with Gasteiger partial charge in [0.1, 0.15) is 11.5 Å². The molecule has 6 heteroatoms. The van der Waals surface area contributed by atoms with Gasteiger partial charge in [-0.2, -0.15) is 16.9 Å². The van der Waals surface area contributed by atoms with E-state index in [0.717, 1.165) is 34.9 Å². The molecule has 1 N–H and O–H groups in total. The molecule has 1 aromatic carbocycles. The molecule has 2 heterocycles. The van der Waals surface area contributed by atoms with Crippen LogP contribution in [0.3, 0.4) is 0 Å². The summed E-state index contributed by atoms with van der Waals surface area (Å²) in [5, 5.41) is 7.56. The van der Waals surface area contributed by atoms with Crippen LogP contribution < -0.4 is 0 Å². The van der Waals surface area contributed by atoms with Gasteiger partial charge in [0.15, 0.2) is 0 Å². The summed E-state index contributed by atoms with van der Waals surface area (Å²) in [5.41, 5.74) is 4.29. The lowest BCUT2D eigenvalue weighted by molar-refractivity contribution is -0.109. The third-order valence-electron chi connectivity index (χ3n) is 3.95. The monoisotopic (exact) mass is 322 g/mol. The van der Waals surface area contributed by atoms with Crippen molar-refractivity contribution in [3.8, 4) is 0 Å². The van der Waals surface area contributed by atoms with E-state index in [9.17, 15) is 4.39 Å². The van der Waals surface area contributed by atoms with Crippen molar-refractivity contribution in [3.05, 3.63) is 52.6 Å². The molecule has 1 aliphatic rings. The van der Waals surface area contributed by atoms with Crippen LogP contribution in [0.5, 0.6) is 0 Å². The van der Waals surface area contributed by atoms with Crippen LogP contribution in [0.2, 0.25) is 0 Å². The Morgan fingerprint density at radius 2 is 2.05 bits per heavy atom. The van der Waals surface area contributed by atoms with Crippen LogP contribution in [-0.4, -0.2) is 30.2 Å². The smallest absolute Gasteiger partial charge is 0.202 e. The standard InChI is InChI=1S/C16H19FN2O2S/c1-20-16(21-2)15-13-9-22-8-11(14(13)18-19-15)7-10-3-5-12(17)6-4-10/h3-6,11,16H,7-9H2,1-2H3,(H,18,19). The lowest BCUT2D eigenvalue weighted by Crippen LogP contribution is -2.15. The third kappa shape index (κ3) is 3.04. The molecule has 22 heavy (non-hydrogen) atoms. The van der Waals surface area contributed by atoms with E-state index in [1.165, 1.54) is 17.7 Å². The molecule has 0 radical (unpaired) electrons. The number of rotatable bonds is 5. The maximum Gasteiger partial charge on any atom is 0.202 e. The highest BCUT2D eigenvalue weighted by atomic mass is 32.2. The molecule has 2 aromatic rings. The molecule has 4 nitrogen and oxygen atoms in total. The van der Waals surface area contributed by atoms with Crippen LogP contribution in [0.15, 0.2) is 24.3 Å². The summed E-state index contributed by atoms with van der Waals surface area (Å²) in [6, 6.07) is 6.71. The second-order valence-electron chi connectivity index (χ2n) is 5.35.